The summed E-state index contributed by atoms with van der Waals surface area (Å²) >= 11 is 1.68. The highest BCUT2D eigenvalue weighted by atomic mass is 32.1. The molecule has 0 atom stereocenters. The molecule has 16 heavy (non-hydrogen) atoms. The van der Waals surface area contributed by atoms with Crippen LogP contribution in [-0.4, -0.2) is 4.98 Å². The minimum Gasteiger partial charge on any atom is -0.228 e. The lowest BCUT2D eigenvalue weighted by atomic mass is 10.2. The van der Waals surface area contributed by atoms with Gasteiger partial charge in [-0.25, -0.2) is 4.98 Å². The Bertz CT molecular complexity index is 483. The Labute approximate surface area is 101 Å². The maximum Gasteiger partial charge on any atom is 0.168 e. The fraction of sp³-hybridized carbons (Fsp3) is 0.357. The van der Waals surface area contributed by atoms with Crippen molar-refractivity contribution in [3.05, 3.63) is 29.3 Å². The first kappa shape index (κ1) is 11.2. The molecule has 0 radical (unpaired) electrons. The summed E-state index contributed by atoms with van der Waals surface area (Å²) in [5, 5.41) is 0.942. The van der Waals surface area contributed by atoms with Gasteiger partial charge in [0.2, 0.25) is 0 Å². The van der Waals surface area contributed by atoms with Crippen molar-refractivity contribution < 1.29 is 0 Å². The first-order chi connectivity index (χ1) is 7.90. The van der Waals surface area contributed by atoms with Crippen molar-refractivity contribution in [1.82, 2.24) is 4.98 Å². The van der Waals surface area contributed by atoms with E-state index in [2.05, 4.69) is 29.8 Å². The Morgan fingerprint density at radius 1 is 1.25 bits per heavy atom. The molecule has 1 aromatic carbocycles. The van der Waals surface area contributed by atoms with Gasteiger partial charge in [0.15, 0.2) is 5.01 Å². The predicted octanol–water partition coefficient (Wildman–Crippen LogP) is 4.23. The van der Waals surface area contributed by atoms with Gasteiger partial charge in [-0.05, 0) is 24.5 Å². The number of hydrogen-bond acceptors (Lipinski definition) is 2. The van der Waals surface area contributed by atoms with Crippen molar-refractivity contribution in [2.45, 2.75) is 32.6 Å². The van der Waals surface area contributed by atoms with Crippen molar-refractivity contribution in [1.29, 1.82) is 0 Å². The molecule has 0 N–H and O–H groups in total. The van der Waals surface area contributed by atoms with Gasteiger partial charge in [-0.2, -0.15) is 0 Å². The molecule has 0 aliphatic heterocycles. The maximum absolute atomic E-state index is 4.48. The second-order valence-electron chi connectivity index (χ2n) is 3.75. The van der Waals surface area contributed by atoms with E-state index in [-0.39, 0.29) is 0 Å². The van der Waals surface area contributed by atoms with Gasteiger partial charge in [0.25, 0.3) is 0 Å². The number of fused-ring (bicyclic) bond motifs is 1. The number of aromatic nitrogens is 1. The van der Waals surface area contributed by atoms with Crippen molar-refractivity contribution in [3.8, 4) is 11.8 Å². The average molecular weight is 229 g/mol. The molecule has 0 aliphatic rings. The highest BCUT2D eigenvalue weighted by Crippen LogP contribution is 2.20. The number of nitrogens with zero attached hydrogens (tertiary/aromatic N) is 1. The molecule has 1 heterocycles. The van der Waals surface area contributed by atoms with E-state index in [1.807, 2.05) is 18.2 Å². The maximum atomic E-state index is 4.48. The van der Waals surface area contributed by atoms with Crippen LogP contribution in [0.2, 0.25) is 0 Å². The zero-order chi connectivity index (χ0) is 11.2. The number of para-hydroxylation sites is 1. The predicted molar refractivity (Wildman–Crippen MR) is 70.6 cm³/mol. The van der Waals surface area contributed by atoms with Crippen LogP contribution in [0, 0.1) is 11.8 Å². The Balaban J connectivity index is 2.04. The minimum atomic E-state index is 0.942. The Morgan fingerprint density at radius 2 is 2.12 bits per heavy atom. The highest BCUT2D eigenvalue weighted by molar-refractivity contribution is 7.19. The quantitative estimate of drug-likeness (QED) is 0.567. The fourth-order valence-corrected chi connectivity index (χ4v) is 2.37. The standard InChI is InChI=1S/C14H15NS/c1-2-3-4-5-6-11-14-15-12-9-7-8-10-13(12)16-14/h7-10H,2-5H2,1H3. The SMILES string of the molecule is CCCCCC#Cc1nc2ccccc2s1. The molecule has 1 nitrogen and oxygen atoms in total. The lowest BCUT2D eigenvalue weighted by Crippen LogP contribution is -1.73. The normalized spacial score (nSPS) is 10.1. The average Bonchev–Trinajstić information content (AvgIpc) is 2.71. The summed E-state index contributed by atoms with van der Waals surface area (Å²) in [4.78, 5) is 4.48. The van der Waals surface area contributed by atoms with Gasteiger partial charge in [-0.3, -0.25) is 0 Å². The van der Waals surface area contributed by atoms with Crippen LogP contribution in [0.15, 0.2) is 24.3 Å². The molecule has 0 bridgehead atoms. The monoisotopic (exact) mass is 229 g/mol. The van der Waals surface area contributed by atoms with Crippen molar-refractivity contribution in [2.75, 3.05) is 0 Å². The van der Waals surface area contributed by atoms with Gasteiger partial charge in [0, 0.05) is 6.42 Å². The summed E-state index contributed by atoms with van der Waals surface area (Å²) in [6, 6.07) is 8.18. The number of hydrogen-bond donors (Lipinski definition) is 0. The molecular formula is C14H15NS. The zero-order valence-electron chi connectivity index (χ0n) is 9.49. The summed E-state index contributed by atoms with van der Waals surface area (Å²) in [5.41, 5.74) is 1.06. The molecule has 0 fully saturated rings. The topological polar surface area (TPSA) is 12.9 Å². The van der Waals surface area contributed by atoms with Gasteiger partial charge in [0.05, 0.1) is 10.2 Å². The summed E-state index contributed by atoms with van der Waals surface area (Å²) in [7, 11) is 0. The molecule has 1 aromatic heterocycles. The van der Waals surface area contributed by atoms with Crippen LogP contribution in [0.4, 0.5) is 0 Å². The molecule has 2 aromatic rings. The first-order valence-corrected chi connectivity index (χ1v) is 6.56. The molecule has 0 saturated carbocycles. The molecule has 0 saturated heterocycles. The third kappa shape index (κ3) is 2.84. The van der Waals surface area contributed by atoms with E-state index in [1.54, 1.807) is 11.3 Å². The minimum absolute atomic E-state index is 0.942. The van der Waals surface area contributed by atoms with E-state index in [4.69, 9.17) is 0 Å². The molecule has 2 rings (SSSR count). The van der Waals surface area contributed by atoms with E-state index >= 15 is 0 Å². The van der Waals surface area contributed by atoms with Crippen LogP contribution in [0.25, 0.3) is 10.2 Å². The number of rotatable bonds is 3. The van der Waals surface area contributed by atoms with Crippen molar-refractivity contribution in [2.24, 2.45) is 0 Å². The van der Waals surface area contributed by atoms with E-state index in [1.165, 1.54) is 24.0 Å². The summed E-state index contributed by atoms with van der Waals surface area (Å²) in [6.07, 6.45) is 4.72. The largest absolute Gasteiger partial charge is 0.228 e. The van der Waals surface area contributed by atoms with Crippen LogP contribution >= 0.6 is 11.3 Å². The lowest BCUT2D eigenvalue weighted by molar-refractivity contribution is 0.737. The van der Waals surface area contributed by atoms with Crippen LogP contribution in [-0.2, 0) is 0 Å². The molecule has 0 unspecified atom stereocenters. The Hall–Kier alpha value is -1.33. The first-order valence-electron chi connectivity index (χ1n) is 5.74. The van der Waals surface area contributed by atoms with E-state index in [9.17, 15) is 0 Å². The van der Waals surface area contributed by atoms with Gasteiger partial charge in [0.1, 0.15) is 0 Å². The molecule has 0 spiro atoms. The fourth-order valence-electron chi connectivity index (χ4n) is 1.53. The van der Waals surface area contributed by atoms with Gasteiger partial charge in [-0.15, -0.1) is 11.3 Å². The van der Waals surface area contributed by atoms with E-state index < -0.39 is 0 Å². The Morgan fingerprint density at radius 3 is 2.94 bits per heavy atom. The number of benzene rings is 1. The molecule has 2 heteroatoms. The third-order valence-electron chi connectivity index (χ3n) is 2.39. The molecule has 0 aliphatic carbocycles. The smallest absolute Gasteiger partial charge is 0.168 e. The molecular weight excluding hydrogens is 214 g/mol. The highest BCUT2D eigenvalue weighted by Gasteiger charge is 1.98. The van der Waals surface area contributed by atoms with Crippen molar-refractivity contribution in [3.63, 3.8) is 0 Å². The Kier molecular flexibility index (Phi) is 3.96. The van der Waals surface area contributed by atoms with Crippen LogP contribution in [0.5, 0.6) is 0 Å². The van der Waals surface area contributed by atoms with E-state index in [0.717, 1.165) is 16.9 Å². The third-order valence-corrected chi connectivity index (χ3v) is 3.35. The van der Waals surface area contributed by atoms with Crippen LogP contribution in [0.1, 0.15) is 37.6 Å². The molecule has 0 amide bonds. The van der Waals surface area contributed by atoms with Gasteiger partial charge < -0.3 is 0 Å². The molecule has 82 valence electrons. The second kappa shape index (κ2) is 5.67. The van der Waals surface area contributed by atoms with Gasteiger partial charge >= 0.3 is 0 Å². The van der Waals surface area contributed by atoms with Crippen LogP contribution in [0.3, 0.4) is 0 Å². The summed E-state index contributed by atoms with van der Waals surface area (Å²) in [5.74, 6) is 6.35. The lowest BCUT2D eigenvalue weighted by Gasteiger charge is -1.87. The second-order valence-corrected chi connectivity index (χ2v) is 4.78. The summed E-state index contributed by atoms with van der Waals surface area (Å²) < 4.78 is 1.22. The van der Waals surface area contributed by atoms with Crippen LogP contribution < -0.4 is 0 Å². The number of thiazole rings is 1. The van der Waals surface area contributed by atoms with E-state index in [0.29, 0.717) is 0 Å². The number of unbranched alkanes of at least 4 members (excludes halogenated alkanes) is 3. The van der Waals surface area contributed by atoms with Crippen molar-refractivity contribution >= 4 is 21.6 Å². The van der Waals surface area contributed by atoms with Gasteiger partial charge in [-0.1, -0.05) is 37.8 Å². The summed E-state index contributed by atoms with van der Waals surface area (Å²) in [6.45, 7) is 2.21. The zero-order valence-corrected chi connectivity index (χ0v) is 10.3.